The van der Waals surface area contributed by atoms with E-state index in [1.807, 2.05) is 13.0 Å². The maximum absolute atomic E-state index is 12.0. The SMILES string of the molecule is Cc1ccc(C(=O)CCC(=O)OCc2ccc(C(N)=O)cc2[N+](=O)[O-])s1. The van der Waals surface area contributed by atoms with Gasteiger partial charge in [-0.3, -0.25) is 24.5 Å². The summed E-state index contributed by atoms with van der Waals surface area (Å²) in [7, 11) is 0. The van der Waals surface area contributed by atoms with Crippen molar-refractivity contribution < 1.29 is 24.0 Å². The van der Waals surface area contributed by atoms with Gasteiger partial charge in [-0.25, -0.2) is 0 Å². The highest BCUT2D eigenvalue weighted by Gasteiger charge is 2.18. The molecule has 9 heteroatoms. The number of esters is 1. The number of carbonyl (C=O) groups is 3. The molecule has 0 aliphatic carbocycles. The monoisotopic (exact) mass is 376 g/mol. The molecule has 2 aromatic rings. The van der Waals surface area contributed by atoms with Crippen molar-refractivity contribution in [1.82, 2.24) is 0 Å². The van der Waals surface area contributed by atoms with Crippen LogP contribution in [0.2, 0.25) is 0 Å². The second kappa shape index (κ2) is 8.34. The number of nitrogens with two attached hydrogens (primary N) is 1. The van der Waals surface area contributed by atoms with Gasteiger partial charge in [-0.2, -0.15) is 0 Å². The molecule has 0 atom stereocenters. The first-order valence-corrected chi connectivity index (χ1v) is 8.42. The van der Waals surface area contributed by atoms with Crippen LogP contribution < -0.4 is 5.73 Å². The van der Waals surface area contributed by atoms with Crippen LogP contribution in [0.1, 0.15) is 43.3 Å². The molecule has 0 aliphatic rings. The van der Waals surface area contributed by atoms with Gasteiger partial charge in [0.05, 0.1) is 21.8 Å². The zero-order valence-corrected chi connectivity index (χ0v) is 14.7. The minimum Gasteiger partial charge on any atom is -0.461 e. The Morgan fingerprint density at radius 3 is 2.50 bits per heavy atom. The summed E-state index contributed by atoms with van der Waals surface area (Å²) in [5.74, 6) is -1.59. The van der Waals surface area contributed by atoms with Crippen LogP contribution in [0.5, 0.6) is 0 Å². The minimum atomic E-state index is -0.793. The molecule has 0 radical (unpaired) electrons. The molecule has 0 saturated carbocycles. The molecule has 2 rings (SSSR count). The number of ketones is 1. The first-order chi connectivity index (χ1) is 12.3. The van der Waals surface area contributed by atoms with Crippen LogP contribution in [0.3, 0.4) is 0 Å². The molecule has 136 valence electrons. The number of hydrogen-bond donors (Lipinski definition) is 1. The summed E-state index contributed by atoms with van der Waals surface area (Å²) in [6.07, 6.45) is -0.121. The second-order valence-electron chi connectivity index (χ2n) is 5.46. The van der Waals surface area contributed by atoms with Crippen LogP contribution in [-0.2, 0) is 16.1 Å². The number of nitrogens with zero attached hydrogens (tertiary/aromatic N) is 1. The Morgan fingerprint density at radius 2 is 1.92 bits per heavy atom. The van der Waals surface area contributed by atoms with Crippen molar-refractivity contribution in [2.45, 2.75) is 26.4 Å². The maximum Gasteiger partial charge on any atom is 0.306 e. The molecule has 0 aliphatic heterocycles. The van der Waals surface area contributed by atoms with Crippen LogP contribution in [0.15, 0.2) is 30.3 Å². The van der Waals surface area contributed by atoms with E-state index >= 15 is 0 Å². The van der Waals surface area contributed by atoms with Crippen LogP contribution in [0, 0.1) is 17.0 Å². The summed E-state index contributed by atoms with van der Waals surface area (Å²) in [6, 6.07) is 7.20. The number of nitro benzene ring substituents is 1. The molecule has 2 N–H and O–H groups in total. The highest BCUT2D eigenvalue weighted by Crippen LogP contribution is 2.22. The molecular weight excluding hydrogens is 360 g/mol. The number of hydrogen-bond acceptors (Lipinski definition) is 7. The minimum absolute atomic E-state index is 0.00148. The topological polar surface area (TPSA) is 130 Å². The van der Waals surface area contributed by atoms with E-state index in [2.05, 4.69) is 0 Å². The summed E-state index contributed by atoms with van der Waals surface area (Å²) in [5.41, 5.74) is 4.85. The van der Waals surface area contributed by atoms with E-state index in [0.29, 0.717) is 4.88 Å². The van der Waals surface area contributed by atoms with Crippen LogP contribution >= 0.6 is 11.3 Å². The number of Topliss-reactive ketones (excluding diaryl/α,β-unsaturated/α-hetero) is 1. The lowest BCUT2D eigenvalue weighted by atomic mass is 10.1. The van der Waals surface area contributed by atoms with Gasteiger partial charge < -0.3 is 10.5 Å². The van der Waals surface area contributed by atoms with Gasteiger partial charge in [0.25, 0.3) is 5.69 Å². The van der Waals surface area contributed by atoms with E-state index in [1.165, 1.54) is 23.5 Å². The summed E-state index contributed by atoms with van der Waals surface area (Å²) in [6.45, 7) is 1.55. The first-order valence-electron chi connectivity index (χ1n) is 7.60. The average Bonchev–Trinajstić information content (AvgIpc) is 3.03. The summed E-state index contributed by atoms with van der Waals surface area (Å²) < 4.78 is 5.00. The molecule has 8 nitrogen and oxygen atoms in total. The van der Waals surface area contributed by atoms with Crippen LogP contribution in [0.25, 0.3) is 0 Å². The van der Waals surface area contributed by atoms with Crippen molar-refractivity contribution in [2.24, 2.45) is 5.73 Å². The number of primary amides is 1. The Bertz CT molecular complexity index is 874. The van der Waals surface area contributed by atoms with Gasteiger partial charge in [-0.05, 0) is 31.2 Å². The van der Waals surface area contributed by atoms with Gasteiger partial charge in [-0.1, -0.05) is 0 Å². The number of aryl methyl sites for hydroxylation is 1. The largest absolute Gasteiger partial charge is 0.461 e. The number of thiophene rings is 1. The quantitative estimate of drug-likeness (QED) is 0.326. The molecule has 26 heavy (non-hydrogen) atoms. The molecular formula is C17H16N2O6S. The fourth-order valence-electron chi connectivity index (χ4n) is 2.16. The predicted molar refractivity (Wildman–Crippen MR) is 94.0 cm³/mol. The first kappa shape index (κ1) is 19.3. The molecule has 1 aromatic carbocycles. The molecule has 1 amide bonds. The second-order valence-corrected chi connectivity index (χ2v) is 6.75. The molecule has 0 spiro atoms. The highest BCUT2D eigenvalue weighted by molar-refractivity contribution is 7.14. The molecule has 0 unspecified atom stereocenters. The Balaban J connectivity index is 1.93. The van der Waals surface area contributed by atoms with E-state index < -0.39 is 16.8 Å². The van der Waals surface area contributed by atoms with Gasteiger partial charge in [0.1, 0.15) is 6.61 Å². The van der Waals surface area contributed by atoms with Crippen molar-refractivity contribution in [1.29, 1.82) is 0 Å². The number of ether oxygens (including phenoxy) is 1. The molecule has 0 fully saturated rings. The number of nitro groups is 1. The molecule has 0 bridgehead atoms. The third-order valence-electron chi connectivity index (χ3n) is 3.53. The Hall–Kier alpha value is -3.07. The third kappa shape index (κ3) is 4.96. The lowest BCUT2D eigenvalue weighted by Crippen LogP contribution is -2.12. The number of carbonyl (C=O) groups excluding carboxylic acids is 3. The van der Waals surface area contributed by atoms with Crippen molar-refractivity contribution in [3.05, 3.63) is 61.3 Å². The smallest absolute Gasteiger partial charge is 0.306 e. The normalized spacial score (nSPS) is 10.3. The van der Waals surface area contributed by atoms with Crippen molar-refractivity contribution in [3.63, 3.8) is 0 Å². The van der Waals surface area contributed by atoms with Crippen molar-refractivity contribution >= 4 is 34.7 Å². The van der Waals surface area contributed by atoms with E-state index in [1.54, 1.807) is 6.07 Å². The van der Waals surface area contributed by atoms with E-state index in [4.69, 9.17) is 10.5 Å². The Morgan fingerprint density at radius 1 is 1.19 bits per heavy atom. The summed E-state index contributed by atoms with van der Waals surface area (Å²) in [4.78, 5) is 46.8. The number of amides is 1. The standard InChI is InChI=1S/C17H16N2O6S/c1-10-2-6-15(26-10)14(20)5-7-16(21)25-9-12-4-3-11(17(18)22)8-13(12)19(23)24/h2-4,6,8H,5,7,9H2,1H3,(H2,18,22). The van der Waals surface area contributed by atoms with Crippen LogP contribution in [-0.4, -0.2) is 22.6 Å². The molecule has 0 saturated heterocycles. The zero-order chi connectivity index (χ0) is 19.3. The fourth-order valence-corrected chi connectivity index (χ4v) is 3.00. The molecule has 1 aromatic heterocycles. The van der Waals surface area contributed by atoms with E-state index in [0.717, 1.165) is 10.9 Å². The predicted octanol–water partition coefficient (Wildman–Crippen LogP) is 2.77. The zero-order valence-electron chi connectivity index (χ0n) is 13.9. The number of rotatable bonds is 8. The summed E-state index contributed by atoms with van der Waals surface area (Å²) in [5, 5.41) is 11.1. The Labute approximate surface area is 152 Å². The lowest BCUT2D eigenvalue weighted by Gasteiger charge is -2.06. The van der Waals surface area contributed by atoms with Gasteiger partial charge in [0, 0.05) is 22.9 Å². The third-order valence-corrected chi connectivity index (χ3v) is 4.57. The van der Waals surface area contributed by atoms with Gasteiger partial charge in [-0.15, -0.1) is 11.3 Å². The average molecular weight is 376 g/mol. The van der Waals surface area contributed by atoms with Gasteiger partial charge in [0.15, 0.2) is 5.78 Å². The fraction of sp³-hybridized carbons (Fsp3) is 0.235. The Kier molecular flexibility index (Phi) is 6.18. The van der Waals surface area contributed by atoms with Crippen molar-refractivity contribution in [3.8, 4) is 0 Å². The molecule has 1 heterocycles. The van der Waals surface area contributed by atoms with Crippen LogP contribution in [0.4, 0.5) is 5.69 Å². The van der Waals surface area contributed by atoms with Crippen molar-refractivity contribution in [2.75, 3.05) is 0 Å². The number of benzene rings is 1. The highest BCUT2D eigenvalue weighted by atomic mass is 32.1. The van der Waals surface area contributed by atoms with Gasteiger partial charge >= 0.3 is 5.97 Å². The van der Waals surface area contributed by atoms with E-state index in [9.17, 15) is 24.5 Å². The van der Waals surface area contributed by atoms with E-state index in [-0.39, 0.29) is 42.0 Å². The summed E-state index contributed by atoms with van der Waals surface area (Å²) >= 11 is 1.35. The maximum atomic E-state index is 12.0. The lowest BCUT2D eigenvalue weighted by molar-refractivity contribution is -0.385. The van der Waals surface area contributed by atoms with Gasteiger partial charge in [0.2, 0.25) is 5.91 Å².